The minimum atomic E-state index is 0.477. The predicted octanol–water partition coefficient (Wildman–Crippen LogP) is 1.69. The van der Waals surface area contributed by atoms with Crippen LogP contribution in [-0.4, -0.2) is 10.2 Å². The van der Waals surface area contributed by atoms with Crippen molar-refractivity contribution >= 4 is 16.5 Å². The Hall–Kier alpha value is -1.36. The molecule has 2 aromatic rings. The summed E-state index contributed by atoms with van der Waals surface area (Å²) in [5, 5.41) is 8.90. The van der Waals surface area contributed by atoms with Gasteiger partial charge in [-0.25, -0.2) is 0 Å². The Kier molecular flexibility index (Phi) is 1.58. The molecule has 0 aliphatic heterocycles. The second-order valence-electron chi connectivity index (χ2n) is 2.41. The van der Waals surface area contributed by atoms with Crippen molar-refractivity contribution in [2.45, 2.75) is 6.92 Å². The van der Waals surface area contributed by atoms with E-state index < -0.39 is 0 Å². The number of hydrogen-bond acceptors (Lipinski definition) is 5. The van der Waals surface area contributed by atoms with Crippen LogP contribution >= 0.6 is 11.3 Å². The van der Waals surface area contributed by atoms with Crippen molar-refractivity contribution in [3.05, 3.63) is 18.1 Å². The van der Waals surface area contributed by atoms with Gasteiger partial charge >= 0.3 is 0 Å². The Morgan fingerprint density at radius 1 is 1.42 bits per heavy atom. The van der Waals surface area contributed by atoms with Crippen LogP contribution in [0.25, 0.3) is 10.6 Å². The van der Waals surface area contributed by atoms with Gasteiger partial charge in [0.1, 0.15) is 6.26 Å². The summed E-state index contributed by atoms with van der Waals surface area (Å²) in [6.45, 7) is 1.95. The van der Waals surface area contributed by atoms with E-state index in [4.69, 9.17) is 10.2 Å². The van der Waals surface area contributed by atoms with E-state index in [0.717, 1.165) is 16.1 Å². The maximum atomic E-state index is 5.45. The second-order valence-corrected chi connectivity index (χ2v) is 3.42. The molecule has 0 aliphatic carbocycles. The molecule has 0 bridgehead atoms. The van der Waals surface area contributed by atoms with Crippen molar-refractivity contribution in [3.8, 4) is 10.6 Å². The molecule has 4 nitrogen and oxygen atoms in total. The Balaban J connectivity index is 2.50. The van der Waals surface area contributed by atoms with Crippen LogP contribution in [0, 0.1) is 6.92 Å². The van der Waals surface area contributed by atoms with Crippen LogP contribution in [0.1, 0.15) is 5.56 Å². The molecule has 0 radical (unpaired) electrons. The molecule has 5 heteroatoms. The number of rotatable bonds is 1. The van der Waals surface area contributed by atoms with Gasteiger partial charge in [0, 0.05) is 0 Å². The van der Waals surface area contributed by atoms with E-state index in [1.165, 1.54) is 11.3 Å². The Morgan fingerprint density at radius 2 is 2.25 bits per heavy atom. The average Bonchev–Trinajstić information content (AvgIpc) is 2.58. The summed E-state index contributed by atoms with van der Waals surface area (Å²) in [4.78, 5) is 0. The number of nitrogens with two attached hydrogens (primary N) is 1. The van der Waals surface area contributed by atoms with Crippen LogP contribution < -0.4 is 5.73 Å². The van der Waals surface area contributed by atoms with Crippen molar-refractivity contribution in [1.29, 1.82) is 0 Å². The molecule has 62 valence electrons. The molecule has 2 rings (SSSR count). The standard InChI is InChI=1S/C7H7N3OS/c1-4-2-11-3-5(4)6-9-10-7(8)12-6/h2-3H,1H3,(H2,8,10). The minimum absolute atomic E-state index is 0.477. The zero-order valence-electron chi connectivity index (χ0n) is 6.44. The molecular weight excluding hydrogens is 174 g/mol. The fourth-order valence-electron chi connectivity index (χ4n) is 0.923. The highest BCUT2D eigenvalue weighted by molar-refractivity contribution is 7.18. The Bertz CT molecular complexity index is 393. The quantitative estimate of drug-likeness (QED) is 0.727. The smallest absolute Gasteiger partial charge is 0.203 e. The summed E-state index contributed by atoms with van der Waals surface area (Å²) >= 11 is 1.36. The van der Waals surface area contributed by atoms with E-state index >= 15 is 0 Å². The first-order chi connectivity index (χ1) is 5.77. The summed E-state index contributed by atoms with van der Waals surface area (Å²) in [7, 11) is 0. The first-order valence-corrected chi connectivity index (χ1v) is 4.21. The Morgan fingerprint density at radius 3 is 2.75 bits per heavy atom. The van der Waals surface area contributed by atoms with E-state index in [1.807, 2.05) is 6.92 Å². The molecule has 0 aromatic carbocycles. The summed E-state index contributed by atoms with van der Waals surface area (Å²) in [5.41, 5.74) is 7.46. The fourth-order valence-corrected chi connectivity index (χ4v) is 1.60. The molecule has 0 spiro atoms. The predicted molar refractivity (Wildman–Crippen MR) is 46.8 cm³/mol. The third kappa shape index (κ3) is 1.08. The van der Waals surface area contributed by atoms with E-state index in [-0.39, 0.29) is 0 Å². The Labute approximate surface area is 73.0 Å². The van der Waals surface area contributed by atoms with Crippen LogP contribution in [-0.2, 0) is 0 Å². The molecule has 12 heavy (non-hydrogen) atoms. The summed E-state index contributed by atoms with van der Waals surface area (Å²) in [6.07, 6.45) is 3.32. The molecular formula is C7H7N3OS. The lowest BCUT2D eigenvalue weighted by atomic mass is 10.2. The number of aromatic nitrogens is 2. The van der Waals surface area contributed by atoms with Crippen molar-refractivity contribution in [2.75, 3.05) is 5.73 Å². The SMILES string of the molecule is Cc1cocc1-c1nnc(N)s1. The van der Waals surface area contributed by atoms with Crippen molar-refractivity contribution < 1.29 is 4.42 Å². The monoisotopic (exact) mass is 181 g/mol. The minimum Gasteiger partial charge on any atom is -0.472 e. The molecule has 0 unspecified atom stereocenters. The third-order valence-corrected chi connectivity index (χ3v) is 2.31. The molecule has 2 heterocycles. The molecule has 2 aromatic heterocycles. The summed E-state index contributed by atoms with van der Waals surface area (Å²) in [6, 6.07) is 0. The van der Waals surface area contributed by atoms with Gasteiger partial charge in [-0.05, 0) is 12.5 Å². The number of hydrogen-bond donors (Lipinski definition) is 1. The van der Waals surface area contributed by atoms with Gasteiger partial charge in [-0.1, -0.05) is 11.3 Å². The number of nitrogen functional groups attached to an aromatic ring is 1. The van der Waals surface area contributed by atoms with Crippen LogP contribution in [0.5, 0.6) is 0 Å². The van der Waals surface area contributed by atoms with E-state index in [9.17, 15) is 0 Å². The van der Waals surface area contributed by atoms with Crippen LogP contribution in [0.2, 0.25) is 0 Å². The number of anilines is 1. The largest absolute Gasteiger partial charge is 0.472 e. The average molecular weight is 181 g/mol. The van der Waals surface area contributed by atoms with Gasteiger partial charge in [0.15, 0.2) is 5.01 Å². The van der Waals surface area contributed by atoms with Gasteiger partial charge < -0.3 is 10.2 Å². The molecule has 0 atom stereocenters. The van der Waals surface area contributed by atoms with Crippen LogP contribution in [0.3, 0.4) is 0 Å². The zero-order valence-corrected chi connectivity index (χ0v) is 7.26. The van der Waals surface area contributed by atoms with E-state index in [0.29, 0.717) is 5.13 Å². The van der Waals surface area contributed by atoms with Crippen LogP contribution in [0.4, 0.5) is 5.13 Å². The molecule has 0 amide bonds. The lowest BCUT2D eigenvalue weighted by Gasteiger charge is -1.87. The molecule has 2 N–H and O–H groups in total. The van der Waals surface area contributed by atoms with Gasteiger partial charge in [-0.3, -0.25) is 0 Å². The maximum Gasteiger partial charge on any atom is 0.203 e. The number of furan rings is 1. The van der Waals surface area contributed by atoms with Crippen molar-refractivity contribution in [2.24, 2.45) is 0 Å². The van der Waals surface area contributed by atoms with Crippen molar-refractivity contribution in [3.63, 3.8) is 0 Å². The highest BCUT2D eigenvalue weighted by atomic mass is 32.1. The highest BCUT2D eigenvalue weighted by Gasteiger charge is 2.08. The van der Waals surface area contributed by atoms with Crippen molar-refractivity contribution in [1.82, 2.24) is 10.2 Å². The highest BCUT2D eigenvalue weighted by Crippen LogP contribution is 2.27. The van der Waals surface area contributed by atoms with Gasteiger partial charge in [0.05, 0.1) is 11.8 Å². The first-order valence-electron chi connectivity index (χ1n) is 3.39. The lowest BCUT2D eigenvalue weighted by molar-refractivity contribution is 0.566. The van der Waals surface area contributed by atoms with Gasteiger partial charge in [0.25, 0.3) is 0 Å². The van der Waals surface area contributed by atoms with Gasteiger partial charge in [0.2, 0.25) is 5.13 Å². The van der Waals surface area contributed by atoms with E-state index in [1.54, 1.807) is 12.5 Å². The van der Waals surface area contributed by atoms with Gasteiger partial charge in [-0.15, -0.1) is 10.2 Å². The number of aryl methyl sites for hydroxylation is 1. The fraction of sp³-hybridized carbons (Fsp3) is 0.143. The van der Waals surface area contributed by atoms with E-state index in [2.05, 4.69) is 10.2 Å². The van der Waals surface area contributed by atoms with Crippen LogP contribution in [0.15, 0.2) is 16.9 Å². The molecule has 0 aliphatic rings. The molecule has 0 saturated carbocycles. The lowest BCUT2D eigenvalue weighted by Crippen LogP contribution is -1.80. The topological polar surface area (TPSA) is 64.9 Å². The number of nitrogens with zero attached hydrogens (tertiary/aromatic N) is 2. The summed E-state index contributed by atoms with van der Waals surface area (Å²) in [5.74, 6) is 0. The second kappa shape index (κ2) is 2.60. The maximum absolute atomic E-state index is 5.45. The third-order valence-electron chi connectivity index (χ3n) is 1.53. The molecule has 0 fully saturated rings. The zero-order chi connectivity index (χ0) is 8.55. The molecule has 0 saturated heterocycles. The normalized spacial score (nSPS) is 10.4. The summed E-state index contributed by atoms with van der Waals surface area (Å²) < 4.78 is 5.01. The van der Waals surface area contributed by atoms with Gasteiger partial charge in [-0.2, -0.15) is 0 Å². The first kappa shape index (κ1) is 7.30.